The minimum atomic E-state index is 0.663. The number of nitrogens with one attached hydrogen (secondary N) is 1. The number of aromatic nitrogens is 4. The van der Waals surface area contributed by atoms with Gasteiger partial charge in [-0.1, -0.05) is 0 Å². The van der Waals surface area contributed by atoms with Gasteiger partial charge < -0.3 is 10.2 Å². The Labute approximate surface area is 137 Å². The Balaban J connectivity index is 1.99. The molecule has 0 aromatic carbocycles. The molecule has 0 aliphatic heterocycles. The third kappa shape index (κ3) is 4.77. The van der Waals surface area contributed by atoms with E-state index in [1.807, 2.05) is 26.5 Å². The summed E-state index contributed by atoms with van der Waals surface area (Å²) >= 11 is 0. The predicted octanol–water partition coefficient (Wildman–Crippen LogP) is 1.16. The van der Waals surface area contributed by atoms with Crippen molar-refractivity contribution >= 4 is 5.96 Å². The molecule has 0 amide bonds. The van der Waals surface area contributed by atoms with Crippen molar-refractivity contribution in [2.75, 3.05) is 20.1 Å². The lowest BCUT2D eigenvalue weighted by molar-refractivity contribution is 0.448. The molecule has 0 saturated carbocycles. The maximum Gasteiger partial charge on any atom is 0.194 e. The highest BCUT2D eigenvalue weighted by Crippen LogP contribution is 2.06. The summed E-state index contributed by atoms with van der Waals surface area (Å²) in [7, 11) is 3.90. The van der Waals surface area contributed by atoms with Gasteiger partial charge >= 0.3 is 0 Å². The molecule has 124 valence electrons. The minimum absolute atomic E-state index is 0.663. The second-order valence-corrected chi connectivity index (χ2v) is 5.44. The lowest BCUT2D eigenvalue weighted by Gasteiger charge is -2.21. The van der Waals surface area contributed by atoms with Gasteiger partial charge in [-0.05, 0) is 37.5 Å². The molecular formula is C16H25N7. The molecule has 0 bridgehead atoms. The Morgan fingerprint density at radius 2 is 2.26 bits per heavy atom. The first-order valence-corrected chi connectivity index (χ1v) is 7.83. The van der Waals surface area contributed by atoms with Crippen LogP contribution in [0.1, 0.15) is 23.9 Å². The summed E-state index contributed by atoms with van der Waals surface area (Å²) in [6.45, 7) is 6.37. The Morgan fingerprint density at radius 3 is 2.91 bits per heavy atom. The fourth-order valence-electron chi connectivity index (χ4n) is 2.28. The van der Waals surface area contributed by atoms with Gasteiger partial charge in [-0.3, -0.25) is 14.7 Å². The van der Waals surface area contributed by atoms with Gasteiger partial charge in [0.15, 0.2) is 5.96 Å². The van der Waals surface area contributed by atoms with E-state index in [-0.39, 0.29) is 0 Å². The normalized spacial score (nSPS) is 11.6. The number of guanidine groups is 1. The monoisotopic (exact) mass is 315 g/mol. The van der Waals surface area contributed by atoms with Gasteiger partial charge in [0.05, 0.1) is 6.54 Å². The van der Waals surface area contributed by atoms with Gasteiger partial charge in [-0.25, -0.2) is 4.98 Å². The highest BCUT2D eigenvalue weighted by Gasteiger charge is 2.09. The van der Waals surface area contributed by atoms with Crippen molar-refractivity contribution in [1.82, 2.24) is 30.0 Å². The molecule has 2 heterocycles. The SMILES string of the molecule is CCNC(=NCCc1ccncc1C)N(C)Cc1ncnn1C. The van der Waals surface area contributed by atoms with Crippen LogP contribution in [0.15, 0.2) is 29.8 Å². The van der Waals surface area contributed by atoms with E-state index in [0.29, 0.717) is 6.54 Å². The van der Waals surface area contributed by atoms with Crippen LogP contribution in [-0.4, -0.2) is 50.7 Å². The van der Waals surface area contributed by atoms with Crippen LogP contribution in [0.3, 0.4) is 0 Å². The van der Waals surface area contributed by atoms with Gasteiger partial charge in [-0.15, -0.1) is 0 Å². The second-order valence-electron chi connectivity index (χ2n) is 5.44. The van der Waals surface area contributed by atoms with Crippen molar-refractivity contribution in [2.45, 2.75) is 26.8 Å². The van der Waals surface area contributed by atoms with E-state index in [2.05, 4.69) is 45.2 Å². The second kappa shape index (κ2) is 8.26. The number of aliphatic imine (C=N–C) groups is 1. The molecule has 2 aromatic rings. The maximum absolute atomic E-state index is 4.71. The van der Waals surface area contributed by atoms with Crippen molar-refractivity contribution in [3.05, 3.63) is 41.7 Å². The van der Waals surface area contributed by atoms with E-state index in [9.17, 15) is 0 Å². The number of hydrogen-bond donors (Lipinski definition) is 1. The lowest BCUT2D eigenvalue weighted by atomic mass is 10.1. The van der Waals surface area contributed by atoms with E-state index in [1.54, 1.807) is 11.0 Å². The summed E-state index contributed by atoms with van der Waals surface area (Å²) in [6.07, 6.45) is 6.20. The van der Waals surface area contributed by atoms with Crippen LogP contribution in [0.25, 0.3) is 0 Å². The van der Waals surface area contributed by atoms with Crippen LogP contribution in [0, 0.1) is 6.92 Å². The van der Waals surface area contributed by atoms with Crippen molar-refractivity contribution in [2.24, 2.45) is 12.0 Å². The largest absolute Gasteiger partial charge is 0.357 e. The fourth-order valence-corrected chi connectivity index (χ4v) is 2.28. The van der Waals surface area contributed by atoms with Crippen LogP contribution < -0.4 is 5.32 Å². The number of rotatable bonds is 6. The van der Waals surface area contributed by atoms with E-state index in [1.165, 1.54) is 11.1 Å². The molecule has 0 saturated heterocycles. The smallest absolute Gasteiger partial charge is 0.194 e. The summed E-state index contributed by atoms with van der Waals surface area (Å²) < 4.78 is 1.78. The average molecular weight is 315 g/mol. The highest BCUT2D eigenvalue weighted by molar-refractivity contribution is 5.79. The topological polar surface area (TPSA) is 71.2 Å². The summed E-state index contributed by atoms with van der Waals surface area (Å²) in [5.41, 5.74) is 2.50. The molecule has 0 fully saturated rings. The molecule has 1 N–H and O–H groups in total. The maximum atomic E-state index is 4.71. The number of hydrogen-bond acceptors (Lipinski definition) is 4. The van der Waals surface area contributed by atoms with Crippen LogP contribution in [0.2, 0.25) is 0 Å². The van der Waals surface area contributed by atoms with E-state index in [0.717, 1.165) is 31.3 Å². The van der Waals surface area contributed by atoms with E-state index >= 15 is 0 Å². The molecule has 0 atom stereocenters. The highest BCUT2D eigenvalue weighted by atomic mass is 15.4. The van der Waals surface area contributed by atoms with Gasteiger partial charge in [0.1, 0.15) is 12.2 Å². The third-order valence-electron chi connectivity index (χ3n) is 3.66. The quantitative estimate of drug-likeness (QED) is 0.640. The van der Waals surface area contributed by atoms with Gasteiger partial charge in [-0.2, -0.15) is 5.10 Å². The summed E-state index contributed by atoms with van der Waals surface area (Å²) in [4.78, 5) is 15.2. The Bertz CT molecular complexity index is 647. The Morgan fingerprint density at radius 1 is 1.43 bits per heavy atom. The minimum Gasteiger partial charge on any atom is -0.357 e. The molecular weight excluding hydrogens is 290 g/mol. The van der Waals surface area contributed by atoms with Crippen molar-refractivity contribution < 1.29 is 0 Å². The van der Waals surface area contributed by atoms with Crippen LogP contribution in [-0.2, 0) is 20.0 Å². The molecule has 0 spiro atoms. The van der Waals surface area contributed by atoms with Crippen molar-refractivity contribution in [3.63, 3.8) is 0 Å². The zero-order valence-corrected chi connectivity index (χ0v) is 14.3. The zero-order valence-electron chi connectivity index (χ0n) is 14.3. The first-order chi connectivity index (χ1) is 11.1. The van der Waals surface area contributed by atoms with Crippen LogP contribution in [0.4, 0.5) is 0 Å². The van der Waals surface area contributed by atoms with E-state index < -0.39 is 0 Å². The third-order valence-corrected chi connectivity index (χ3v) is 3.66. The number of nitrogens with zero attached hydrogens (tertiary/aromatic N) is 6. The standard InChI is InChI=1S/C16H25N7/c1-5-18-16(22(3)11-15-20-12-21-23(15)4)19-9-7-14-6-8-17-10-13(14)2/h6,8,10,12H,5,7,9,11H2,1-4H3,(H,18,19). The molecule has 7 heteroatoms. The first-order valence-electron chi connectivity index (χ1n) is 7.83. The van der Waals surface area contributed by atoms with Crippen LogP contribution >= 0.6 is 0 Å². The summed E-state index contributed by atoms with van der Waals surface area (Å²) in [5, 5.41) is 7.42. The molecule has 0 aliphatic rings. The lowest BCUT2D eigenvalue weighted by Crippen LogP contribution is -2.39. The molecule has 2 rings (SSSR count). The fraction of sp³-hybridized carbons (Fsp3) is 0.500. The van der Waals surface area contributed by atoms with Crippen LogP contribution in [0.5, 0.6) is 0 Å². The molecule has 0 aliphatic carbocycles. The molecule has 0 unspecified atom stereocenters. The van der Waals surface area contributed by atoms with Gasteiger partial charge in [0, 0.05) is 39.6 Å². The zero-order chi connectivity index (χ0) is 16.7. The number of aryl methyl sites for hydroxylation is 2. The summed E-state index contributed by atoms with van der Waals surface area (Å²) in [5.74, 6) is 1.78. The molecule has 0 radical (unpaired) electrons. The first kappa shape index (κ1) is 16.9. The van der Waals surface area contributed by atoms with Crippen molar-refractivity contribution in [1.29, 1.82) is 0 Å². The van der Waals surface area contributed by atoms with Gasteiger partial charge in [0.2, 0.25) is 0 Å². The Hall–Kier alpha value is -2.44. The Kier molecular flexibility index (Phi) is 6.08. The summed E-state index contributed by atoms with van der Waals surface area (Å²) in [6, 6.07) is 2.06. The number of pyridine rings is 1. The molecule has 23 heavy (non-hydrogen) atoms. The molecule has 7 nitrogen and oxygen atoms in total. The van der Waals surface area contributed by atoms with Crippen molar-refractivity contribution in [3.8, 4) is 0 Å². The molecule has 2 aromatic heterocycles. The van der Waals surface area contributed by atoms with E-state index in [4.69, 9.17) is 4.99 Å². The average Bonchev–Trinajstić information content (AvgIpc) is 2.93. The predicted molar refractivity (Wildman–Crippen MR) is 91.1 cm³/mol. The van der Waals surface area contributed by atoms with Gasteiger partial charge in [0.25, 0.3) is 0 Å².